The normalized spacial score (nSPS) is 22.2. The Balaban J connectivity index is 0.000000252. The lowest BCUT2D eigenvalue weighted by molar-refractivity contribution is -0.142. The predicted octanol–water partition coefficient (Wildman–Crippen LogP) is 0.812. The quantitative estimate of drug-likeness (QED) is 0.669. The van der Waals surface area contributed by atoms with Gasteiger partial charge in [-0.2, -0.15) is 0 Å². The second kappa shape index (κ2) is 10.2. The van der Waals surface area contributed by atoms with Gasteiger partial charge in [0.15, 0.2) is 0 Å². The number of carbonyl (C=O) groups is 2. The first-order valence-electron chi connectivity index (χ1n) is 6.06. The van der Waals surface area contributed by atoms with Gasteiger partial charge in [-0.05, 0) is 26.2 Å². The van der Waals surface area contributed by atoms with Gasteiger partial charge in [0, 0.05) is 25.9 Å². The molecule has 2 aliphatic rings. The van der Waals surface area contributed by atoms with Crippen molar-refractivity contribution in [1.29, 1.82) is 0 Å². The van der Waals surface area contributed by atoms with E-state index in [9.17, 15) is 9.59 Å². The third-order valence-corrected chi connectivity index (χ3v) is 2.33. The summed E-state index contributed by atoms with van der Waals surface area (Å²) in [5.41, 5.74) is 0. The van der Waals surface area contributed by atoms with Crippen LogP contribution in [0.25, 0.3) is 0 Å². The largest absolute Gasteiger partial charge is 0.460 e. The highest BCUT2D eigenvalue weighted by Gasteiger charge is 2.21. The molecule has 1 aliphatic heterocycles. The van der Waals surface area contributed by atoms with Crippen molar-refractivity contribution in [3.8, 4) is 0 Å². The van der Waals surface area contributed by atoms with Crippen molar-refractivity contribution in [3.05, 3.63) is 0 Å². The summed E-state index contributed by atoms with van der Waals surface area (Å²) in [5, 5.41) is 16.0. The molecule has 1 saturated heterocycles. The zero-order valence-corrected chi connectivity index (χ0v) is 10.4. The molecule has 2 N–H and O–H groups in total. The molecule has 5 nitrogen and oxygen atoms in total. The monoisotopic (exact) mass is 246 g/mol. The topological polar surface area (TPSA) is 83.8 Å². The minimum Gasteiger partial charge on any atom is -0.460 e. The highest BCUT2D eigenvalue weighted by Crippen LogP contribution is 2.12. The number of hydrogen-bond acceptors (Lipinski definition) is 5. The number of carbonyl (C=O) groups excluding carboxylic acids is 2. The first-order chi connectivity index (χ1) is 8.13. The fourth-order valence-electron chi connectivity index (χ4n) is 1.48. The number of Topliss-reactive ketones (excluding diaryl/α,β-unsaturated/α-hetero) is 1. The van der Waals surface area contributed by atoms with Crippen molar-refractivity contribution in [2.45, 2.75) is 51.6 Å². The third kappa shape index (κ3) is 8.83. The number of rotatable bonds is 1. The molecule has 0 aromatic heterocycles. The van der Waals surface area contributed by atoms with Crippen molar-refractivity contribution in [2.24, 2.45) is 0 Å². The number of esters is 1. The maximum Gasteiger partial charge on any atom is 0.306 e. The van der Waals surface area contributed by atoms with E-state index in [1.54, 1.807) is 6.92 Å². The van der Waals surface area contributed by atoms with Crippen LogP contribution in [0.5, 0.6) is 0 Å². The minimum absolute atomic E-state index is 0.0360. The molecule has 5 heteroatoms. The van der Waals surface area contributed by atoms with Crippen LogP contribution in [0.4, 0.5) is 0 Å². The summed E-state index contributed by atoms with van der Waals surface area (Å²) in [5.74, 6) is 0.263. The molecular formula is C12H22O5. The van der Waals surface area contributed by atoms with Gasteiger partial charge in [-0.1, -0.05) is 0 Å². The summed E-state index contributed by atoms with van der Waals surface area (Å²) >= 11 is 0. The number of hydrogen-bond donors (Lipinski definition) is 2. The van der Waals surface area contributed by atoms with Crippen LogP contribution in [0.3, 0.4) is 0 Å². The van der Waals surface area contributed by atoms with Crippen LogP contribution in [0.2, 0.25) is 0 Å². The lowest BCUT2D eigenvalue weighted by Gasteiger charge is -2.01. The van der Waals surface area contributed by atoms with Gasteiger partial charge < -0.3 is 14.9 Å². The second-order valence-electron chi connectivity index (χ2n) is 3.90. The lowest BCUT2D eigenvalue weighted by atomic mass is 10.2. The first kappa shape index (κ1) is 16.1. The second-order valence-corrected chi connectivity index (χ2v) is 3.90. The van der Waals surface area contributed by atoms with Gasteiger partial charge in [-0.25, -0.2) is 0 Å². The van der Waals surface area contributed by atoms with Gasteiger partial charge in [-0.3, -0.25) is 9.59 Å². The van der Waals surface area contributed by atoms with E-state index in [0.717, 1.165) is 25.7 Å². The summed E-state index contributed by atoms with van der Waals surface area (Å²) < 4.78 is 4.62. The van der Waals surface area contributed by atoms with Gasteiger partial charge in [0.05, 0.1) is 6.61 Å². The molecular weight excluding hydrogens is 224 g/mol. The minimum atomic E-state index is -0.220. The average Bonchev–Trinajstić information content (AvgIpc) is 2.91. The van der Waals surface area contributed by atoms with E-state index in [1.807, 2.05) is 0 Å². The van der Waals surface area contributed by atoms with Gasteiger partial charge in [0.2, 0.25) is 0 Å². The number of ether oxygens (including phenoxy) is 1. The number of aliphatic hydroxyl groups is 2. The van der Waals surface area contributed by atoms with E-state index in [1.165, 1.54) is 0 Å². The SMILES string of the molecule is CCO.O=C1CCC(CO)O1.O=C1CCCC1. The molecule has 1 unspecified atom stereocenters. The van der Waals surface area contributed by atoms with Crippen molar-refractivity contribution in [1.82, 2.24) is 0 Å². The van der Waals surface area contributed by atoms with E-state index >= 15 is 0 Å². The Morgan fingerprint density at radius 1 is 1.18 bits per heavy atom. The summed E-state index contributed by atoms with van der Waals surface area (Å²) in [6, 6.07) is 0. The van der Waals surface area contributed by atoms with E-state index in [0.29, 0.717) is 18.6 Å². The van der Waals surface area contributed by atoms with Crippen LogP contribution in [0.15, 0.2) is 0 Å². The Bertz CT molecular complexity index is 219. The molecule has 2 rings (SSSR count). The maximum absolute atomic E-state index is 10.3. The van der Waals surface area contributed by atoms with Crippen LogP contribution in [-0.2, 0) is 14.3 Å². The van der Waals surface area contributed by atoms with E-state index in [4.69, 9.17) is 10.2 Å². The molecule has 100 valence electrons. The zero-order chi connectivity index (χ0) is 13.1. The van der Waals surface area contributed by atoms with Gasteiger partial charge in [0.25, 0.3) is 0 Å². The molecule has 0 spiro atoms. The summed E-state index contributed by atoms with van der Waals surface area (Å²) in [6.45, 7) is 1.89. The van der Waals surface area contributed by atoms with E-state index in [2.05, 4.69) is 4.74 Å². The Labute approximate surface area is 102 Å². The molecule has 0 bridgehead atoms. The fraction of sp³-hybridized carbons (Fsp3) is 0.833. The Morgan fingerprint density at radius 3 is 1.88 bits per heavy atom. The third-order valence-electron chi connectivity index (χ3n) is 2.33. The number of ketones is 1. The van der Waals surface area contributed by atoms with Crippen molar-refractivity contribution in [3.63, 3.8) is 0 Å². The molecule has 0 radical (unpaired) electrons. The average molecular weight is 246 g/mol. The molecule has 1 heterocycles. The summed E-state index contributed by atoms with van der Waals surface area (Å²) in [7, 11) is 0. The number of aliphatic hydroxyl groups excluding tert-OH is 2. The zero-order valence-electron chi connectivity index (χ0n) is 10.4. The Morgan fingerprint density at radius 2 is 1.71 bits per heavy atom. The van der Waals surface area contributed by atoms with Crippen molar-refractivity contribution >= 4 is 11.8 Å². The highest BCUT2D eigenvalue weighted by atomic mass is 16.6. The van der Waals surface area contributed by atoms with E-state index in [-0.39, 0.29) is 25.3 Å². The molecule has 17 heavy (non-hydrogen) atoms. The van der Waals surface area contributed by atoms with Crippen molar-refractivity contribution < 1.29 is 24.5 Å². The molecule has 0 aromatic rings. The number of cyclic esters (lactones) is 1. The standard InChI is InChI=1S/C5H8O3.C5H8O.C2H6O/c6-3-4-1-2-5(7)8-4;6-5-3-1-2-4-5;1-2-3/h4,6H,1-3H2;1-4H2;3H,2H2,1H3. The van der Waals surface area contributed by atoms with Crippen LogP contribution in [0, 0.1) is 0 Å². The smallest absolute Gasteiger partial charge is 0.306 e. The lowest BCUT2D eigenvalue weighted by Crippen LogP contribution is -2.10. The summed E-state index contributed by atoms with van der Waals surface area (Å²) in [4.78, 5) is 20.5. The molecule has 2 fully saturated rings. The van der Waals surface area contributed by atoms with Crippen LogP contribution >= 0.6 is 0 Å². The Kier molecular flexibility index (Phi) is 9.66. The van der Waals surface area contributed by atoms with Gasteiger partial charge >= 0.3 is 5.97 Å². The van der Waals surface area contributed by atoms with Crippen LogP contribution in [0.1, 0.15) is 45.4 Å². The molecule has 0 amide bonds. The highest BCUT2D eigenvalue weighted by molar-refractivity contribution is 5.80. The first-order valence-corrected chi connectivity index (χ1v) is 6.06. The molecule has 1 aliphatic carbocycles. The molecule has 0 aromatic carbocycles. The molecule has 1 saturated carbocycles. The fourth-order valence-corrected chi connectivity index (χ4v) is 1.48. The van der Waals surface area contributed by atoms with Crippen LogP contribution in [-0.4, -0.2) is 41.3 Å². The predicted molar refractivity (Wildman–Crippen MR) is 62.4 cm³/mol. The summed E-state index contributed by atoms with van der Waals surface area (Å²) in [6.07, 6.45) is 4.89. The maximum atomic E-state index is 10.3. The van der Waals surface area contributed by atoms with Gasteiger partial charge in [0.1, 0.15) is 11.9 Å². The molecule has 1 atom stereocenters. The Hall–Kier alpha value is -0.940. The van der Waals surface area contributed by atoms with Crippen LogP contribution < -0.4 is 0 Å². The van der Waals surface area contributed by atoms with Crippen molar-refractivity contribution in [2.75, 3.05) is 13.2 Å². The van der Waals surface area contributed by atoms with Gasteiger partial charge in [-0.15, -0.1) is 0 Å². The van der Waals surface area contributed by atoms with E-state index < -0.39 is 0 Å².